The zero-order valence-electron chi connectivity index (χ0n) is 23.7. The molecule has 0 amide bonds. The first-order chi connectivity index (χ1) is 19.2. The summed E-state index contributed by atoms with van der Waals surface area (Å²) in [7, 11) is -3.21. The van der Waals surface area contributed by atoms with Gasteiger partial charge in [-0.1, -0.05) is 49.4 Å². The van der Waals surface area contributed by atoms with E-state index in [9.17, 15) is 10.00 Å². The van der Waals surface area contributed by atoms with Crippen molar-refractivity contribution in [1.82, 2.24) is 4.98 Å². The van der Waals surface area contributed by atoms with E-state index in [-0.39, 0.29) is 12.5 Å². The summed E-state index contributed by atoms with van der Waals surface area (Å²) in [5, 5.41) is 11.2. The van der Waals surface area contributed by atoms with Crippen LogP contribution in [0.3, 0.4) is 0 Å². The van der Waals surface area contributed by atoms with E-state index >= 15 is 0 Å². The second-order valence-electron chi connectivity index (χ2n) is 11.2. The number of pyridine rings is 1. The number of hydrogen-bond donors (Lipinski definition) is 2. The molecule has 2 heterocycles. The van der Waals surface area contributed by atoms with Crippen LogP contribution in [0.15, 0.2) is 42.5 Å². The van der Waals surface area contributed by atoms with E-state index in [2.05, 4.69) is 13.8 Å². The fourth-order valence-electron chi connectivity index (χ4n) is 5.90. The highest BCUT2D eigenvalue weighted by Gasteiger charge is 2.49. The van der Waals surface area contributed by atoms with Crippen molar-refractivity contribution >= 4 is 19.5 Å². The topological polar surface area (TPSA) is 81.0 Å². The van der Waals surface area contributed by atoms with Crippen molar-refractivity contribution in [2.24, 2.45) is 0 Å². The number of halogens is 1. The zero-order valence-corrected chi connectivity index (χ0v) is 25.3. The Bertz CT molecular complexity index is 1340. The molecule has 2 N–H and O–H groups in total. The third-order valence-electron chi connectivity index (χ3n) is 8.34. The van der Waals surface area contributed by atoms with Gasteiger partial charge in [-0.25, -0.2) is 0 Å². The van der Waals surface area contributed by atoms with Gasteiger partial charge in [-0.3, -0.25) is 4.98 Å². The Morgan fingerprint density at radius 1 is 1.00 bits per heavy atom. The molecular formula is C32H40ClNO5P+. The molecule has 0 radical (unpaired) electrons. The third kappa shape index (κ3) is 6.80. The van der Waals surface area contributed by atoms with Crippen LogP contribution in [0.2, 0.25) is 5.02 Å². The Kier molecular flexibility index (Phi) is 9.34. The molecule has 6 nitrogen and oxygen atoms in total. The molecule has 1 aromatic heterocycles. The van der Waals surface area contributed by atoms with Gasteiger partial charge >= 0.3 is 7.94 Å². The Balaban J connectivity index is 1.30. The van der Waals surface area contributed by atoms with Gasteiger partial charge in [0.25, 0.3) is 6.35 Å². The molecule has 1 saturated carbocycles. The molecule has 214 valence electrons. The summed E-state index contributed by atoms with van der Waals surface area (Å²) in [6, 6.07) is 13.3. The van der Waals surface area contributed by atoms with Crippen molar-refractivity contribution in [3.63, 3.8) is 0 Å². The van der Waals surface area contributed by atoms with Gasteiger partial charge in [-0.15, -0.1) is 0 Å². The standard InChI is InChI=1S/C32H39ClNO5P/c1-21-17-31(37-20-40(36)38-16-15-30(39-40)25-11-8-12-26(33)18-25)23(3)22(2)28(21)19-27-13-14-29(35)32(34-27)24-9-6-4-5-7-10-24/h8,11-14,17-18,24,30,36H,4-7,9-10,15-16,19-20H2,1-3H3/p+1. The first-order valence-corrected chi connectivity index (χ1v) is 16.5. The third-order valence-corrected chi connectivity index (χ3v) is 10.2. The highest BCUT2D eigenvalue weighted by Crippen LogP contribution is 2.63. The van der Waals surface area contributed by atoms with E-state index < -0.39 is 7.94 Å². The Morgan fingerprint density at radius 2 is 1.77 bits per heavy atom. The molecule has 40 heavy (non-hydrogen) atoms. The normalized spacial score (nSPS) is 22.2. The average molecular weight is 585 g/mol. The van der Waals surface area contributed by atoms with Crippen LogP contribution in [0.25, 0.3) is 0 Å². The van der Waals surface area contributed by atoms with E-state index in [4.69, 9.17) is 30.4 Å². The molecule has 0 spiro atoms. The minimum Gasteiger partial charge on any atom is -0.506 e. The minimum atomic E-state index is -3.21. The second-order valence-corrected chi connectivity index (χ2v) is 13.6. The number of hydrogen-bond acceptors (Lipinski definition) is 6. The second kappa shape index (κ2) is 12.8. The van der Waals surface area contributed by atoms with Crippen LogP contribution in [0.1, 0.15) is 96.2 Å². The highest BCUT2D eigenvalue weighted by atomic mass is 35.5. The molecule has 5 rings (SSSR count). The quantitative estimate of drug-likeness (QED) is 0.214. The SMILES string of the molecule is Cc1cc(OC[P+]2(O)OCCC(c3cccc(Cl)c3)O2)c(C)c(C)c1Cc1ccc(O)c(C2CCCCCC2)n1. The van der Waals surface area contributed by atoms with Crippen molar-refractivity contribution in [3.8, 4) is 11.5 Å². The van der Waals surface area contributed by atoms with E-state index in [1.165, 1.54) is 31.2 Å². The molecule has 1 saturated heterocycles. The van der Waals surface area contributed by atoms with Crippen LogP contribution < -0.4 is 4.74 Å². The fraction of sp³-hybridized carbons (Fsp3) is 0.469. The molecular weight excluding hydrogens is 545 g/mol. The average Bonchev–Trinajstić information content (AvgIpc) is 3.23. The monoisotopic (exact) mass is 584 g/mol. The summed E-state index contributed by atoms with van der Waals surface area (Å²) >= 11 is 6.16. The number of benzene rings is 2. The Labute approximate surface area is 243 Å². The van der Waals surface area contributed by atoms with Crippen LogP contribution in [0.4, 0.5) is 0 Å². The fourth-order valence-corrected chi connectivity index (χ4v) is 7.61. The van der Waals surface area contributed by atoms with Gasteiger partial charge in [0.1, 0.15) is 24.2 Å². The van der Waals surface area contributed by atoms with Crippen LogP contribution in [-0.4, -0.2) is 27.9 Å². The predicted octanol–water partition coefficient (Wildman–Crippen LogP) is 8.66. The summed E-state index contributed by atoms with van der Waals surface area (Å²) in [6.07, 6.45) is 8.10. The molecule has 1 aliphatic carbocycles. The van der Waals surface area contributed by atoms with Gasteiger partial charge in [-0.05, 0) is 91.8 Å². The Morgan fingerprint density at radius 3 is 2.52 bits per heavy atom. The molecule has 2 aliphatic rings. The summed E-state index contributed by atoms with van der Waals surface area (Å²) in [4.78, 5) is 16.1. The van der Waals surface area contributed by atoms with Crippen LogP contribution >= 0.6 is 19.5 Å². The van der Waals surface area contributed by atoms with Gasteiger partial charge in [-0.2, -0.15) is 13.9 Å². The van der Waals surface area contributed by atoms with Crippen molar-refractivity contribution in [3.05, 3.63) is 86.7 Å². The first-order valence-electron chi connectivity index (χ1n) is 14.3. The van der Waals surface area contributed by atoms with Gasteiger partial charge in [0.2, 0.25) is 0 Å². The van der Waals surface area contributed by atoms with Crippen LogP contribution in [0.5, 0.6) is 11.5 Å². The zero-order chi connectivity index (χ0) is 28.3. The minimum absolute atomic E-state index is 0.0482. The molecule has 8 heteroatoms. The van der Waals surface area contributed by atoms with Crippen molar-refractivity contribution in [2.75, 3.05) is 13.0 Å². The van der Waals surface area contributed by atoms with E-state index in [1.54, 1.807) is 0 Å². The van der Waals surface area contributed by atoms with Crippen LogP contribution in [-0.2, 0) is 15.5 Å². The van der Waals surface area contributed by atoms with E-state index in [1.807, 2.05) is 49.4 Å². The molecule has 0 bridgehead atoms. The van der Waals surface area contributed by atoms with Crippen molar-refractivity contribution < 1.29 is 23.8 Å². The number of rotatable bonds is 7. The van der Waals surface area contributed by atoms with Gasteiger partial charge in [0, 0.05) is 29.5 Å². The first kappa shape index (κ1) is 29.3. The van der Waals surface area contributed by atoms with Crippen molar-refractivity contribution in [2.45, 2.75) is 84.2 Å². The maximum absolute atomic E-state index is 11.2. The Hall–Kier alpha value is -2.21. The van der Waals surface area contributed by atoms with E-state index in [0.717, 1.165) is 46.5 Å². The largest absolute Gasteiger partial charge is 0.506 e. The summed E-state index contributed by atoms with van der Waals surface area (Å²) < 4.78 is 17.9. The number of ether oxygens (including phenoxy) is 1. The number of aromatic hydroxyl groups is 1. The van der Waals surface area contributed by atoms with E-state index in [0.29, 0.717) is 41.9 Å². The molecule has 2 unspecified atom stereocenters. The molecule has 2 atom stereocenters. The number of aromatic nitrogens is 1. The molecule has 2 fully saturated rings. The van der Waals surface area contributed by atoms with Gasteiger partial charge < -0.3 is 9.84 Å². The summed E-state index contributed by atoms with van der Waals surface area (Å²) in [6.45, 7) is 6.61. The maximum atomic E-state index is 11.2. The highest BCUT2D eigenvalue weighted by molar-refractivity contribution is 7.60. The number of aryl methyl sites for hydroxylation is 1. The van der Waals surface area contributed by atoms with Crippen LogP contribution in [0, 0.1) is 20.8 Å². The molecule has 2 aromatic carbocycles. The van der Waals surface area contributed by atoms with Gasteiger partial charge in [0.15, 0.2) is 0 Å². The molecule has 1 aliphatic heterocycles. The lowest BCUT2D eigenvalue weighted by Crippen LogP contribution is -2.21. The van der Waals surface area contributed by atoms with Crippen molar-refractivity contribution in [1.29, 1.82) is 0 Å². The number of nitrogens with zero attached hydrogens (tertiary/aromatic N) is 1. The lowest BCUT2D eigenvalue weighted by molar-refractivity contribution is 0.0518. The van der Waals surface area contributed by atoms with Gasteiger partial charge in [0.05, 0.1) is 5.69 Å². The lowest BCUT2D eigenvalue weighted by atomic mass is 9.92. The maximum Gasteiger partial charge on any atom is 0.449 e. The molecule has 3 aromatic rings. The lowest BCUT2D eigenvalue weighted by Gasteiger charge is -2.28. The smallest absolute Gasteiger partial charge is 0.449 e. The predicted molar refractivity (Wildman–Crippen MR) is 160 cm³/mol. The summed E-state index contributed by atoms with van der Waals surface area (Å²) in [5.41, 5.74) is 7.18. The summed E-state index contributed by atoms with van der Waals surface area (Å²) in [5.74, 6) is 1.36.